The molecule has 0 fully saturated rings. The lowest BCUT2D eigenvalue weighted by Crippen LogP contribution is -2.19. The third kappa shape index (κ3) is 5.28. The summed E-state index contributed by atoms with van der Waals surface area (Å²) in [4.78, 5) is 11.9. The summed E-state index contributed by atoms with van der Waals surface area (Å²) >= 11 is 3.38. The highest BCUT2D eigenvalue weighted by molar-refractivity contribution is 9.10. The lowest BCUT2D eigenvalue weighted by Gasteiger charge is -2.11. The average Bonchev–Trinajstić information content (AvgIpc) is 2.57. The number of carbonyl (C=O) groups excluding carboxylic acids is 1. The maximum Gasteiger partial charge on any atom is 0.314 e. The maximum atomic E-state index is 11.9. The number of ether oxygens (including phenoxy) is 1. The van der Waals surface area contributed by atoms with Crippen LogP contribution in [0.5, 0.6) is 5.75 Å². The summed E-state index contributed by atoms with van der Waals surface area (Å²) in [7, 11) is 0. The molecule has 4 nitrogen and oxygen atoms in total. The molecule has 0 aliphatic rings. The molecule has 0 aliphatic carbocycles. The van der Waals surface area contributed by atoms with Crippen molar-refractivity contribution in [1.29, 1.82) is 0 Å². The molecule has 2 aromatic rings. The van der Waals surface area contributed by atoms with E-state index in [0.717, 1.165) is 23.0 Å². The van der Waals surface area contributed by atoms with Crippen LogP contribution in [-0.4, -0.2) is 5.97 Å². The van der Waals surface area contributed by atoms with Crippen molar-refractivity contribution < 1.29 is 9.53 Å². The highest BCUT2D eigenvalue weighted by Gasteiger charge is 2.16. The number of benzene rings is 2. The minimum atomic E-state index is -0.181. The largest absolute Gasteiger partial charge is 0.426 e. The molecule has 2 rings (SSSR count). The Bertz CT molecular complexity index is 662. The summed E-state index contributed by atoms with van der Waals surface area (Å²) in [5.41, 5.74) is 1.48. The SMILES string of the molecule is CCC(CC)C(=O)Oc1ccc(/N=N/c2ccc(Br)cc2)cc1. The molecular formula is C18H19BrN2O2. The molecule has 0 heterocycles. The van der Waals surface area contributed by atoms with Crippen LogP contribution in [0.1, 0.15) is 26.7 Å². The van der Waals surface area contributed by atoms with Crippen LogP contribution in [0.4, 0.5) is 11.4 Å². The lowest BCUT2D eigenvalue weighted by atomic mass is 10.0. The first-order valence-electron chi connectivity index (χ1n) is 7.61. The van der Waals surface area contributed by atoms with Gasteiger partial charge in [-0.3, -0.25) is 4.79 Å². The van der Waals surface area contributed by atoms with Crippen molar-refractivity contribution in [3.05, 3.63) is 53.0 Å². The molecule has 0 aliphatic heterocycles. The Morgan fingerprint density at radius 1 is 0.957 bits per heavy atom. The monoisotopic (exact) mass is 374 g/mol. The number of carbonyl (C=O) groups is 1. The molecule has 0 spiro atoms. The zero-order valence-electron chi connectivity index (χ0n) is 13.2. The molecule has 0 unspecified atom stereocenters. The molecule has 0 N–H and O–H groups in total. The number of esters is 1. The maximum absolute atomic E-state index is 11.9. The molecule has 0 atom stereocenters. The second-order valence-corrected chi connectivity index (χ2v) is 6.02. The van der Waals surface area contributed by atoms with Crippen molar-refractivity contribution in [1.82, 2.24) is 0 Å². The molecule has 23 heavy (non-hydrogen) atoms. The molecule has 2 aromatic carbocycles. The van der Waals surface area contributed by atoms with E-state index < -0.39 is 0 Å². The van der Waals surface area contributed by atoms with Gasteiger partial charge in [-0.15, -0.1) is 0 Å². The summed E-state index contributed by atoms with van der Waals surface area (Å²) < 4.78 is 6.37. The normalized spacial score (nSPS) is 11.1. The van der Waals surface area contributed by atoms with Crippen LogP contribution in [0, 0.1) is 5.92 Å². The second-order valence-electron chi connectivity index (χ2n) is 5.10. The third-order valence-corrected chi connectivity index (χ3v) is 4.01. The molecule has 0 saturated carbocycles. The van der Waals surface area contributed by atoms with Gasteiger partial charge in [-0.1, -0.05) is 29.8 Å². The molecular weight excluding hydrogens is 356 g/mol. The number of halogens is 1. The van der Waals surface area contributed by atoms with Gasteiger partial charge in [-0.2, -0.15) is 10.2 Å². The highest BCUT2D eigenvalue weighted by Crippen LogP contribution is 2.23. The standard InChI is InChI=1S/C18H19BrN2O2/c1-3-13(4-2)18(22)23-17-11-9-16(10-12-17)21-20-15-7-5-14(19)6-8-15/h5-13H,3-4H2,1-2H3/b21-20+. The van der Waals surface area contributed by atoms with Gasteiger partial charge < -0.3 is 4.74 Å². The Morgan fingerprint density at radius 2 is 1.43 bits per heavy atom. The molecule has 0 saturated heterocycles. The molecule has 0 aromatic heterocycles. The quantitative estimate of drug-likeness (QED) is 0.343. The van der Waals surface area contributed by atoms with Gasteiger partial charge >= 0.3 is 5.97 Å². The zero-order chi connectivity index (χ0) is 16.7. The minimum absolute atomic E-state index is 0.0493. The van der Waals surface area contributed by atoms with E-state index in [9.17, 15) is 4.79 Å². The third-order valence-electron chi connectivity index (χ3n) is 3.48. The predicted molar refractivity (Wildman–Crippen MR) is 94.5 cm³/mol. The minimum Gasteiger partial charge on any atom is -0.426 e. The van der Waals surface area contributed by atoms with Crippen LogP contribution in [0.25, 0.3) is 0 Å². The fourth-order valence-electron chi connectivity index (χ4n) is 2.03. The van der Waals surface area contributed by atoms with E-state index in [1.165, 1.54) is 0 Å². The van der Waals surface area contributed by atoms with Crippen LogP contribution in [0.15, 0.2) is 63.2 Å². The van der Waals surface area contributed by atoms with Crippen molar-refractivity contribution >= 4 is 33.3 Å². The van der Waals surface area contributed by atoms with Crippen molar-refractivity contribution in [3.8, 4) is 5.75 Å². The first-order valence-corrected chi connectivity index (χ1v) is 8.40. The van der Waals surface area contributed by atoms with Crippen LogP contribution in [0.3, 0.4) is 0 Å². The van der Waals surface area contributed by atoms with Crippen LogP contribution >= 0.6 is 15.9 Å². The van der Waals surface area contributed by atoms with E-state index in [2.05, 4.69) is 26.2 Å². The first-order chi connectivity index (χ1) is 11.1. The van der Waals surface area contributed by atoms with E-state index in [1.807, 2.05) is 38.1 Å². The van der Waals surface area contributed by atoms with E-state index >= 15 is 0 Å². The summed E-state index contributed by atoms with van der Waals surface area (Å²) in [5.74, 6) is 0.301. The summed E-state index contributed by atoms with van der Waals surface area (Å²) in [6, 6.07) is 14.6. The van der Waals surface area contributed by atoms with Gasteiger partial charge in [0.15, 0.2) is 0 Å². The van der Waals surface area contributed by atoms with Gasteiger partial charge in [-0.25, -0.2) is 0 Å². The van der Waals surface area contributed by atoms with E-state index in [0.29, 0.717) is 11.4 Å². The molecule has 0 amide bonds. The van der Waals surface area contributed by atoms with Gasteiger partial charge in [0.05, 0.1) is 17.3 Å². The number of azo groups is 1. The Morgan fingerprint density at radius 3 is 1.91 bits per heavy atom. The Kier molecular flexibility index (Phi) is 6.47. The topological polar surface area (TPSA) is 51.0 Å². The second kappa shape index (κ2) is 8.58. The average molecular weight is 375 g/mol. The number of nitrogens with zero attached hydrogens (tertiary/aromatic N) is 2. The first kappa shape index (κ1) is 17.3. The Balaban J connectivity index is 1.99. The number of hydrogen-bond donors (Lipinski definition) is 0. The van der Waals surface area contributed by atoms with Crippen LogP contribution in [-0.2, 0) is 4.79 Å². The van der Waals surface area contributed by atoms with Gasteiger partial charge in [-0.05, 0) is 61.4 Å². The number of hydrogen-bond acceptors (Lipinski definition) is 4. The predicted octanol–water partition coefficient (Wildman–Crippen LogP) is 6.21. The van der Waals surface area contributed by atoms with Gasteiger partial charge in [0.1, 0.15) is 5.75 Å². The van der Waals surface area contributed by atoms with Crippen molar-refractivity contribution in [2.45, 2.75) is 26.7 Å². The molecule has 0 radical (unpaired) electrons. The van der Waals surface area contributed by atoms with Gasteiger partial charge in [0.2, 0.25) is 0 Å². The zero-order valence-corrected chi connectivity index (χ0v) is 14.8. The smallest absolute Gasteiger partial charge is 0.314 e. The van der Waals surface area contributed by atoms with E-state index in [-0.39, 0.29) is 11.9 Å². The summed E-state index contributed by atoms with van der Waals surface area (Å²) in [6.45, 7) is 3.97. The fourth-order valence-corrected chi connectivity index (χ4v) is 2.29. The van der Waals surface area contributed by atoms with E-state index in [4.69, 9.17) is 4.74 Å². The van der Waals surface area contributed by atoms with Crippen LogP contribution < -0.4 is 4.74 Å². The Hall–Kier alpha value is -2.01. The highest BCUT2D eigenvalue weighted by atomic mass is 79.9. The summed E-state index contributed by atoms with van der Waals surface area (Å²) in [6.07, 6.45) is 1.57. The molecule has 120 valence electrons. The van der Waals surface area contributed by atoms with Crippen molar-refractivity contribution in [3.63, 3.8) is 0 Å². The number of rotatable bonds is 6. The summed E-state index contributed by atoms with van der Waals surface area (Å²) in [5, 5.41) is 8.32. The van der Waals surface area contributed by atoms with E-state index in [1.54, 1.807) is 24.3 Å². The van der Waals surface area contributed by atoms with Crippen molar-refractivity contribution in [2.75, 3.05) is 0 Å². The van der Waals surface area contributed by atoms with Gasteiger partial charge in [0, 0.05) is 4.47 Å². The van der Waals surface area contributed by atoms with Crippen LogP contribution in [0.2, 0.25) is 0 Å². The van der Waals surface area contributed by atoms with Gasteiger partial charge in [0.25, 0.3) is 0 Å². The Labute approximate surface area is 144 Å². The van der Waals surface area contributed by atoms with Crippen molar-refractivity contribution in [2.24, 2.45) is 16.1 Å². The lowest BCUT2D eigenvalue weighted by molar-refractivity contribution is -0.139. The fraction of sp³-hybridized carbons (Fsp3) is 0.278. The molecule has 5 heteroatoms. The molecule has 0 bridgehead atoms.